The van der Waals surface area contributed by atoms with Gasteiger partial charge in [-0.15, -0.1) is 23.1 Å². The summed E-state index contributed by atoms with van der Waals surface area (Å²) < 4.78 is 10.8. The van der Waals surface area contributed by atoms with Crippen LogP contribution in [0.15, 0.2) is 18.2 Å². The smallest absolute Gasteiger partial charge is 0.249 e. The molecule has 0 radical (unpaired) electrons. The highest BCUT2D eigenvalue weighted by Gasteiger charge is 2.53. The van der Waals surface area contributed by atoms with Gasteiger partial charge in [0.25, 0.3) is 0 Å². The van der Waals surface area contributed by atoms with Crippen molar-refractivity contribution in [2.75, 3.05) is 17.9 Å². The molecule has 2 saturated heterocycles. The summed E-state index contributed by atoms with van der Waals surface area (Å²) >= 11 is 3.17. The number of ether oxygens (including phenoxy) is 2. The van der Waals surface area contributed by atoms with Crippen LogP contribution in [0.3, 0.4) is 0 Å². The molecule has 2 atom stereocenters. The molecule has 3 aliphatic rings. The van der Waals surface area contributed by atoms with Crippen LogP contribution in [0, 0.1) is 6.92 Å². The van der Waals surface area contributed by atoms with Gasteiger partial charge in [0.2, 0.25) is 18.6 Å². The molecule has 1 aromatic heterocycles. The summed E-state index contributed by atoms with van der Waals surface area (Å²) in [5.41, 5.74) is 2.00. The van der Waals surface area contributed by atoms with E-state index in [1.807, 2.05) is 32.0 Å². The third kappa shape index (κ3) is 3.26. The summed E-state index contributed by atoms with van der Waals surface area (Å²) in [4.78, 5) is 32.3. The van der Waals surface area contributed by atoms with Gasteiger partial charge < -0.3 is 19.7 Å². The van der Waals surface area contributed by atoms with Gasteiger partial charge in [0.05, 0.1) is 10.6 Å². The van der Waals surface area contributed by atoms with Crippen molar-refractivity contribution < 1.29 is 19.1 Å². The van der Waals surface area contributed by atoms with Gasteiger partial charge in [-0.3, -0.25) is 9.59 Å². The van der Waals surface area contributed by atoms with Crippen LogP contribution in [0.25, 0.3) is 0 Å². The molecule has 0 bridgehead atoms. The largest absolute Gasteiger partial charge is 0.454 e. The summed E-state index contributed by atoms with van der Waals surface area (Å²) in [6, 6.07) is 5.48. The van der Waals surface area contributed by atoms with E-state index in [0.717, 1.165) is 34.1 Å². The van der Waals surface area contributed by atoms with E-state index in [4.69, 9.17) is 9.47 Å². The Morgan fingerprint density at radius 2 is 2.21 bits per heavy atom. The topological polar surface area (TPSA) is 80.8 Å². The molecular formula is C20H21N3O4S2. The number of thiazole rings is 1. The standard InChI is InChI=1S/C20H21N3O4S2/c1-11-16(8-12-3-4-14-15(7-12)27-10-26-14)29-19(21-11)22-18(25)13-9-28-20(2)6-5-17(24)23(13)20/h3-4,7,13H,5-6,8-10H2,1-2H3,(H,21,22,25). The maximum absolute atomic E-state index is 12.9. The zero-order valence-electron chi connectivity index (χ0n) is 16.2. The lowest BCUT2D eigenvalue weighted by molar-refractivity contribution is -0.135. The first-order valence-electron chi connectivity index (χ1n) is 9.55. The van der Waals surface area contributed by atoms with Gasteiger partial charge in [0.15, 0.2) is 16.6 Å². The van der Waals surface area contributed by atoms with E-state index in [-0.39, 0.29) is 23.5 Å². The number of aromatic nitrogens is 1. The molecule has 0 aliphatic carbocycles. The minimum absolute atomic E-state index is 0.0662. The molecule has 4 heterocycles. The first-order chi connectivity index (χ1) is 13.9. The van der Waals surface area contributed by atoms with Gasteiger partial charge in [-0.1, -0.05) is 6.07 Å². The van der Waals surface area contributed by atoms with Crippen LogP contribution < -0.4 is 14.8 Å². The van der Waals surface area contributed by atoms with Crippen molar-refractivity contribution in [3.05, 3.63) is 34.3 Å². The number of aryl methyl sites for hydroxylation is 1. The molecule has 1 aromatic carbocycles. The third-order valence-corrected chi connectivity index (χ3v) is 8.25. The highest BCUT2D eigenvalue weighted by Crippen LogP contribution is 2.47. The van der Waals surface area contributed by atoms with Gasteiger partial charge in [-0.25, -0.2) is 4.98 Å². The molecule has 152 valence electrons. The summed E-state index contributed by atoms with van der Waals surface area (Å²) in [7, 11) is 0. The van der Waals surface area contributed by atoms with Crippen molar-refractivity contribution in [2.45, 2.75) is 44.0 Å². The van der Waals surface area contributed by atoms with Gasteiger partial charge in [-0.05, 0) is 38.0 Å². The molecule has 29 heavy (non-hydrogen) atoms. The second-order valence-electron chi connectivity index (χ2n) is 7.65. The predicted octanol–water partition coefficient (Wildman–Crippen LogP) is 3.16. The van der Waals surface area contributed by atoms with Crippen molar-refractivity contribution in [1.82, 2.24) is 9.88 Å². The number of carbonyl (C=O) groups is 2. The van der Waals surface area contributed by atoms with Crippen LogP contribution in [0.4, 0.5) is 5.13 Å². The van der Waals surface area contributed by atoms with Crippen molar-refractivity contribution >= 4 is 40.0 Å². The Morgan fingerprint density at radius 3 is 3.07 bits per heavy atom. The van der Waals surface area contributed by atoms with Crippen LogP contribution in [-0.2, 0) is 16.0 Å². The van der Waals surface area contributed by atoms with Gasteiger partial charge >= 0.3 is 0 Å². The second kappa shape index (κ2) is 6.91. The van der Waals surface area contributed by atoms with Gasteiger partial charge in [0, 0.05) is 23.5 Å². The normalized spacial score (nSPS) is 24.8. The maximum Gasteiger partial charge on any atom is 0.249 e. The lowest BCUT2D eigenvalue weighted by Crippen LogP contribution is -2.48. The number of nitrogens with zero attached hydrogens (tertiary/aromatic N) is 2. The average molecular weight is 432 g/mol. The molecule has 0 spiro atoms. The van der Waals surface area contributed by atoms with Gasteiger partial charge in [-0.2, -0.15) is 0 Å². The third-order valence-electron chi connectivity index (χ3n) is 5.67. The lowest BCUT2D eigenvalue weighted by atomic mass is 10.1. The fourth-order valence-electron chi connectivity index (χ4n) is 4.09. The Balaban J connectivity index is 1.29. The Kier molecular flexibility index (Phi) is 4.47. The minimum Gasteiger partial charge on any atom is -0.454 e. The Hall–Kier alpha value is -2.26. The molecule has 2 unspecified atom stereocenters. The summed E-state index contributed by atoms with van der Waals surface area (Å²) in [6.45, 7) is 4.25. The summed E-state index contributed by atoms with van der Waals surface area (Å²) in [6.07, 6.45) is 2.03. The van der Waals surface area contributed by atoms with E-state index < -0.39 is 6.04 Å². The number of hydrogen-bond acceptors (Lipinski definition) is 7. The highest BCUT2D eigenvalue weighted by molar-refractivity contribution is 8.01. The molecule has 1 N–H and O–H groups in total. The number of carbonyl (C=O) groups excluding carboxylic acids is 2. The molecule has 9 heteroatoms. The lowest BCUT2D eigenvalue weighted by Gasteiger charge is -2.29. The number of anilines is 1. The van der Waals surface area contributed by atoms with Crippen LogP contribution in [0.5, 0.6) is 11.5 Å². The van der Waals surface area contributed by atoms with E-state index in [0.29, 0.717) is 23.7 Å². The number of amides is 2. The minimum atomic E-state index is -0.429. The fraction of sp³-hybridized carbons (Fsp3) is 0.450. The SMILES string of the molecule is Cc1nc(NC(=O)C2CSC3(C)CCC(=O)N23)sc1Cc1ccc2c(c1)OCO2. The molecule has 2 aromatic rings. The first kappa shape index (κ1) is 18.7. The number of fused-ring (bicyclic) bond motifs is 2. The first-order valence-corrected chi connectivity index (χ1v) is 11.3. The van der Waals surface area contributed by atoms with E-state index in [2.05, 4.69) is 10.3 Å². The van der Waals surface area contributed by atoms with E-state index >= 15 is 0 Å². The fourth-order valence-corrected chi connectivity index (χ4v) is 6.52. The molecule has 0 saturated carbocycles. The molecule has 2 fully saturated rings. The quantitative estimate of drug-likeness (QED) is 0.801. The Labute approximate surface area is 176 Å². The van der Waals surface area contributed by atoms with Crippen LogP contribution in [0.2, 0.25) is 0 Å². The molecular weight excluding hydrogens is 410 g/mol. The zero-order valence-corrected chi connectivity index (χ0v) is 17.8. The number of nitrogens with one attached hydrogen (secondary N) is 1. The van der Waals surface area contributed by atoms with E-state index in [9.17, 15) is 9.59 Å². The monoisotopic (exact) mass is 431 g/mol. The molecule has 7 nitrogen and oxygen atoms in total. The average Bonchev–Trinajstić information content (AvgIpc) is 3.42. The van der Waals surface area contributed by atoms with Gasteiger partial charge in [0.1, 0.15) is 6.04 Å². The van der Waals surface area contributed by atoms with E-state index in [1.54, 1.807) is 16.7 Å². The predicted molar refractivity (Wildman–Crippen MR) is 112 cm³/mol. The van der Waals surface area contributed by atoms with Crippen molar-refractivity contribution in [1.29, 1.82) is 0 Å². The van der Waals surface area contributed by atoms with E-state index in [1.165, 1.54) is 11.3 Å². The van der Waals surface area contributed by atoms with Crippen LogP contribution in [-0.4, -0.2) is 45.2 Å². The molecule has 3 aliphatic heterocycles. The maximum atomic E-state index is 12.9. The highest BCUT2D eigenvalue weighted by atomic mass is 32.2. The van der Waals surface area contributed by atoms with Crippen molar-refractivity contribution in [3.8, 4) is 11.5 Å². The summed E-state index contributed by atoms with van der Waals surface area (Å²) in [5, 5.41) is 3.52. The van der Waals surface area contributed by atoms with Crippen LogP contribution in [0.1, 0.15) is 35.9 Å². The number of rotatable bonds is 4. The zero-order chi connectivity index (χ0) is 20.2. The van der Waals surface area contributed by atoms with Crippen molar-refractivity contribution in [2.24, 2.45) is 0 Å². The number of thioether (sulfide) groups is 1. The number of benzene rings is 1. The Morgan fingerprint density at radius 1 is 1.38 bits per heavy atom. The number of hydrogen-bond donors (Lipinski definition) is 1. The molecule has 5 rings (SSSR count). The summed E-state index contributed by atoms with van der Waals surface area (Å²) in [5.74, 6) is 2.06. The van der Waals surface area contributed by atoms with Crippen molar-refractivity contribution in [3.63, 3.8) is 0 Å². The Bertz CT molecular complexity index is 1010. The second-order valence-corrected chi connectivity index (χ2v) is 10.2. The van der Waals surface area contributed by atoms with Crippen LogP contribution >= 0.6 is 23.1 Å². The molecule has 2 amide bonds.